The number of aryl methyl sites for hydroxylation is 1. The second-order valence-corrected chi connectivity index (χ2v) is 4.67. The van der Waals surface area contributed by atoms with Crippen LogP contribution in [0.3, 0.4) is 0 Å². The summed E-state index contributed by atoms with van der Waals surface area (Å²) < 4.78 is 1.62. The van der Waals surface area contributed by atoms with Gasteiger partial charge in [-0.3, -0.25) is 24.8 Å². The molecule has 0 unspecified atom stereocenters. The smallest absolute Gasteiger partial charge is 0.290 e. The molecule has 0 N–H and O–H groups in total. The van der Waals surface area contributed by atoms with Crippen LogP contribution in [0.5, 0.6) is 0 Å². The summed E-state index contributed by atoms with van der Waals surface area (Å²) in [6, 6.07) is 10.8. The maximum Gasteiger partial charge on any atom is 0.300 e. The van der Waals surface area contributed by atoms with Crippen LogP contribution in [-0.4, -0.2) is 19.4 Å². The van der Waals surface area contributed by atoms with Crippen molar-refractivity contribution in [3.63, 3.8) is 0 Å². The number of hydrogen-bond acceptors (Lipinski definition) is 5. The molecule has 1 heterocycles. The lowest BCUT2D eigenvalue weighted by Gasteiger charge is -2.07. The fraction of sp³-hybridized carbons (Fsp3) is 0.0714. The summed E-state index contributed by atoms with van der Waals surface area (Å²) in [6.45, 7) is 1.73. The van der Waals surface area contributed by atoms with Gasteiger partial charge in [0.25, 0.3) is 11.4 Å². The number of para-hydroxylation sites is 2. The summed E-state index contributed by atoms with van der Waals surface area (Å²) >= 11 is 0. The van der Waals surface area contributed by atoms with Crippen molar-refractivity contribution in [1.82, 2.24) is 9.55 Å². The lowest BCUT2D eigenvalue weighted by atomic mass is 10.2. The molecule has 1 aromatic heterocycles. The van der Waals surface area contributed by atoms with Gasteiger partial charge in [0.2, 0.25) is 0 Å². The van der Waals surface area contributed by atoms with Crippen molar-refractivity contribution in [3.8, 4) is 5.69 Å². The SMILES string of the molecule is Cc1nc2ccccc2n1-c1ccc([N+](=O)[O-])cc1[N+](=O)[O-]. The van der Waals surface area contributed by atoms with Gasteiger partial charge in [0.1, 0.15) is 11.5 Å². The van der Waals surface area contributed by atoms with E-state index in [0.29, 0.717) is 16.9 Å². The summed E-state index contributed by atoms with van der Waals surface area (Å²) in [6.07, 6.45) is 0. The molecule has 0 amide bonds. The summed E-state index contributed by atoms with van der Waals surface area (Å²) in [5, 5.41) is 22.1. The highest BCUT2D eigenvalue weighted by atomic mass is 16.6. The highest BCUT2D eigenvalue weighted by Crippen LogP contribution is 2.31. The first-order valence-corrected chi connectivity index (χ1v) is 6.36. The molecule has 0 atom stereocenters. The number of nitro groups is 2. The van der Waals surface area contributed by atoms with E-state index in [4.69, 9.17) is 0 Å². The highest BCUT2D eigenvalue weighted by molar-refractivity contribution is 5.79. The molecule has 0 aliphatic heterocycles. The Morgan fingerprint density at radius 3 is 2.45 bits per heavy atom. The van der Waals surface area contributed by atoms with Gasteiger partial charge < -0.3 is 0 Å². The Hall–Kier alpha value is -3.29. The van der Waals surface area contributed by atoms with Crippen LogP contribution < -0.4 is 0 Å². The molecule has 3 aromatic rings. The van der Waals surface area contributed by atoms with Crippen molar-refractivity contribution in [1.29, 1.82) is 0 Å². The summed E-state index contributed by atoms with van der Waals surface area (Å²) in [4.78, 5) is 25.2. The molecular weight excluding hydrogens is 288 g/mol. The number of fused-ring (bicyclic) bond motifs is 1. The van der Waals surface area contributed by atoms with Gasteiger partial charge in [-0.2, -0.15) is 0 Å². The topological polar surface area (TPSA) is 104 Å². The number of non-ortho nitro benzene ring substituents is 1. The predicted octanol–water partition coefficient (Wildman–Crippen LogP) is 3.15. The average molecular weight is 298 g/mol. The fourth-order valence-corrected chi connectivity index (χ4v) is 2.41. The molecule has 0 aliphatic rings. The maximum atomic E-state index is 11.3. The Kier molecular flexibility index (Phi) is 3.06. The van der Waals surface area contributed by atoms with E-state index in [0.717, 1.165) is 6.07 Å². The van der Waals surface area contributed by atoms with E-state index in [9.17, 15) is 20.2 Å². The normalized spacial score (nSPS) is 10.8. The lowest BCUT2D eigenvalue weighted by molar-refractivity contribution is -0.394. The van der Waals surface area contributed by atoms with E-state index in [-0.39, 0.29) is 17.1 Å². The Bertz CT molecular complexity index is 916. The van der Waals surface area contributed by atoms with Crippen LogP contribution >= 0.6 is 0 Å². The van der Waals surface area contributed by atoms with Crippen LogP contribution in [0, 0.1) is 27.2 Å². The van der Waals surface area contributed by atoms with Crippen molar-refractivity contribution in [3.05, 3.63) is 68.5 Å². The molecule has 3 rings (SSSR count). The minimum atomic E-state index is -0.657. The van der Waals surface area contributed by atoms with E-state index in [1.165, 1.54) is 12.1 Å². The molecule has 8 heteroatoms. The van der Waals surface area contributed by atoms with Gasteiger partial charge in [0.05, 0.1) is 26.9 Å². The van der Waals surface area contributed by atoms with Gasteiger partial charge in [-0.25, -0.2) is 4.98 Å². The van der Waals surface area contributed by atoms with Gasteiger partial charge in [0, 0.05) is 6.07 Å². The lowest BCUT2D eigenvalue weighted by Crippen LogP contribution is -2.03. The zero-order valence-electron chi connectivity index (χ0n) is 11.5. The average Bonchev–Trinajstić information content (AvgIpc) is 2.82. The molecule has 0 bridgehead atoms. The van der Waals surface area contributed by atoms with E-state index >= 15 is 0 Å². The molecule has 0 saturated heterocycles. The summed E-state index contributed by atoms with van der Waals surface area (Å²) in [5.74, 6) is 0.568. The molecule has 0 saturated carbocycles. The molecule has 0 radical (unpaired) electrons. The van der Waals surface area contributed by atoms with Crippen LogP contribution in [0.4, 0.5) is 11.4 Å². The van der Waals surface area contributed by atoms with Gasteiger partial charge >= 0.3 is 0 Å². The third-order valence-corrected chi connectivity index (χ3v) is 3.34. The van der Waals surface area contributed by atoms with Crippen molar-refractivity contribution in [2.75, 3.05) is 0 Å². The standard InChI is InChI=1S/C14H10N4O4/c1-9-15-11-4-2-3-5-12(11)16(9)13-7-6-10(17(19)20)8-14(13)18(21)22/h2-8H,1H3. The molecule has 2 aromatic carbocycles. The molecule has 110 valence electrons. The van der Waals surface area contributed by atoms with Gasteiger partial charge in [-0.05, 0) is 25.1 Å². The van der Waals surface area contributed by atoms with Crippen molar-refractivity contribution in [2.24, 2.45) is 0 Å². The Labute approximate surface area is 123 Å². The first kappa shape index (κ1) is 13.7. The number of benzene rings is 2. The largest absolute Gasteiger partial charge is 0.300 e. The zero-order chi connectivity index (χ0) is 15.9. The van der Waals surface area contributed by atoms with Crippen molar-refractivity contribution < 1.29 is 9.85 Å². The monoisotopic (exact) mass is 298 g/mol. The van der Waals surface area contributed by atoms with Crippen LogP contribution in [0.1, 0.15) is 5.82 Å². The zero-order valence-corrected chi connectivity index (χ0v) is 11.5. The third kappa shape index (κ3) is 2.06. The van der Waals surface area contributed by atoms with Crippen molar-refractivity contribution in [2.45, 2.75) is 6.92 Å². The Balaban J connectivity index is 2.33. The van der Waals surface area contributed by atoms with E-state index < -0.39 is 9.85 Å². The van der Waals surface area contributed by atoms with Crippen molar-refractivity contribution >= 4 is 22.4 Å². The van der Waals surface area contributed by atoms with Crippen LogP contribution in [0.25, 0.3) is 16.7 Å². The first-order chi connectivity index (χ1) is 10.5. The number of nitrogens with zero attached hydrogens (tertiary/aromatic N) is 4. The molecule has 22 heavy (non-hydrogen) atoms. The number of hydrogen-bond donors (Lipinski definition) is 0. The number of aromatic nitrogens is 2. The van der Waals surface area contributed by atoms with Crippen LogP contribution in [0.15, 0.2) is 42.5 Å². The second kappa shape index (κ2) is 4.92. The molecule has 8 nitrogen and oxygen atoms in total. The van der Waals surface area contributed by atoms with Gasteiger partial charge in [-0.15, -0.1) is 0 Å². The minimum absolute atomic E-state index is 0.252. The molecular formula is C14H10N4O4. The number of rotatable bonds is 3. The van der Waals surface area contributed by atoms with E-state index in [2.05, 4.69) is 4.98 Å². The Morgan fingerprint density at radius 2 is 1.77 bits per heavy atom. The molecule has 0 spiro atoms. The fourth-order valence-electron chi connectivity index (χ4n) is 2.41. The quantitative estimate of drug-likeness (QED) is 0.545. The van der Waals surface area contributed by atoms with E-state index in [1.807, 2.05) is 6.07 Å². The molecule has 0 fully saturated rings. The number of nitro benzene ring substituents is 2. The molecule has 0 aliphatic carbocycles. The minimum Gasteiger partial charge on any atom is -0.290 e. The van der Waals surface area contributed by atoms with Gasteiger partial charge in [-0.1, -0.05) is 12.1 Å². The van der Waals surface area contributed by atoms with Gasteiger partial charge in [0.15, 0.2) is 0 Å². The Morgan fingerprint density at radius 1 is 1.05 bits per heavy atom. The number of imidazole rings is 1. The third-order valence-electron chi connectivity index (χ3n) is 3.34. The van der Waals surface area contributed by atoms with E-state index in [1.54, 1.807) is 29.7 Å². The second-order valence-electron chi connectivity index (χ2n) is 4.67. The summed E-state index contributed by atoms with van der Waals surface area (Å²) in [5.41, 5.74) is 1.00. The predicted molar refractivity (Wildman–Crippen MR) is 79.1 cm³/mol. The summed E-state index contributed by atoms with van der Waals surface area (Å²) in [7, 11) is 0. The van der Waals surface area contributed by atoms with Crippen LogP contribution in [-0.2, 0) is 0 Å². The maximum absolute atomic E-state index is 11.3. The van der Waals surface area contributed by atoms with Crippen LogP contribution in [0.2, 0.25) is 0 Å². The highest BCUT2D eigenvalue weighted by Gasteiger charge is 2.23. The first-order valence-electron chi connectivity index (χ1n) is 6.36.